The number of H-pyrrole nitrogens is 1. The molecule has 2 unspecified atom stereocenters. The number of hydrogen-bond acceptors (Lipinski definition) is 7. The molecule has 2 atom stereocenters. The summed E-state index contributed by atoms with van der Waals surface area (Å²) in [6.07, 6.45) is 4.47. The molecule has 0 radical (unpaired) electrons. The Bertz CT molecular complexity index is 1440. The molecule has 3 aliphatic heterocycles. The molecule has 4 N–H and O–H groups in total. The first-order valence-corrected chi connectivity index (χ1v) is 14.7. The molecule has 3 aliphatic rings. The molecule has 5 rings (SSSR count). The number of aromatic amines is 1. The molecule has 1 aromatic carbocycles. The molecule has 0 spiro atoms. The van der Waals surface area contributed by atoms with Gasteiger partial charge in [0.15, 0.2) is 0 Å². The highest BCUT2D eigenvalue weighted by Crippen LogP contribution is 2.33. The second-order valence-corrected chi connectivity index (χ2v) is 12.6. The predicted molar refractivity (Wildman–Crippen MR) is 161 cm³/mol. The second-order valence-electron chi connectivity index (χ2n) is 12.6. The van der Waals surface area contributed by atoms with Crippen LogP contribution in [0.5, 0.6) is 0 Å². The van der Waals surface area contributed by atoms with Crippen molar-refractivity contribution in [3.05, 3.63) is 57.5 Å². The van der Waals surface area contributed by atoms with Crippen LogP contribution in [0.25, 0.3) is 0 Å². The van der Waals surface area contributed by atoms with Gasteiger partial charge >= 0.3 is 6.09 Å². The first kappa shape index (κ1) is 29.6. The van der Waals surface area contributed by atoms with Gasteiger partial charge in [0.25, 0.3) is 11.5 Å². The quantitative estimate of drug-likeness (QED) is 0.348. The van der Waals surface area contributed by atoms with Gasteiger partial charge < -0.3 is 35.3 Å². The normalized spacial score (nSPS) is 21.9. The number of carbonyl (C=O) groups is 2. The molecule has 11 nitrogen and oxygen atoms in total. The minimum atomic E-state index is -0.553. The lowest BCUT2D eigenvalue weighted by molar-refractivity contribution is 0.0175. The maximum atomic E-state index is 13.2. The number of ether oxygens (including phenoxy) is 2. The highest BCUT2D eigenvalue weighted by atomic mass is 16.6. The van der Waals surface area contributed by atoms with Gasteiger partial charge in [0.1, 0.15) is 17.0 Å². The number of pyridine rings is 1. The Kier molecular flexibility index (Phi) is 8.06. The summed E-state index contributed by atoms with van der Waals surface area (Å²) in [5.41, 5.74) is 8.03. The van der Waals surface area contributed by atoms with Crippen molar-refractivity contribution in [2.75, 3.05) is 31.6 Å². The van der Waals surface area contributed by atoms with Gasteiger partial charge in [-0.25, -0.2) is 9.79 Å². The fraction of sp³-hybridized carbons (Fsp3) is 0.548. The lowest BCUT2D eigenvalue weighted by atomic mass is 9.84. The average Bonchev–Trinajstić information content (AvgIpc) is 3.56. The fourth-order valence-electron chi connectivity index (χ4n) is 6.09. The number of carbonyl (C=O) groups excluding carboxylic acids is 2. The van der Waals surface area contributed by atoms with Crippen LogP contribution in [0, 0.1) is 6.92 Å². The maximum absolute atomic E-state index is 13.2. The number of likely N-dealkylation sites (tertiary alicyclic amines) is 2. The van der Waals surface area contributed by atoms with E-state index in [9.17, 15) is 14.4 Å². The molecule has 4 heterocycles. The predicted octanol–water partition coefficient (Wildman–Crippen LogP) is 3.93. The van der Waals surface area contributed by atoms with E-state index in [-0.39, 0.29) is 46.6 Å². The lowest BCUT2D eigenvalue weighted by Crippen LogP contribution is -2.51. The molecular formula is C31H42N6O5. The monoisotopic (exact) mass is 578 g/mol. The second kappa shape index (κ2) is 11.4. The molecule has 0 aliphatic carbocycles. The van der Waals surface area contributed by atoms with E-state index in [1.165, 1.54) is 0 Å². The number of morpholine rings is 1. The molecule has 3 fully saturated rings. The van der Waals surface area contributed by atoms with Crippen LogP contribution in [0.1, 0.15) is 74.9 Å². The molecule has 11 heteroatoms. The van der Waals surface area contributed by atoms with Gasteiger partial charge in [0.2, 0.25) is 0 Å². The minimum absolute atomic E-state index is 0.000344. The number of piperidine rings is 1. The van der Waals surface area contributed by atoms with Crippen molar-refractivity contribution < 1.29 is 19.1 Å². The third-order valence-electron chi connectivity index (χ3n) is 8.52. The van der Waals surface area contributed by atoms with Crippen molar-refractivity contribution in [1.82, 2.24) is 14.8 Å². The van der Waals surface area contributed by atoms with Crippen LogP contribution in [0.2, 0.25) is 0 Å². The number of rotatable bonds is 6. The number of amidine groups is 1. The number of amides is 2. The Labute approximate surface area is 246 Å². The van der Waals surface area contributed by atoms with E-state index in [2.05, 4.69) is 22.2 Å². The Hall–Kier alpha value is -3.86. The number of aliphatic imine (C=N–C) groups is 1. The summed E-state index contributed by atoms with van der Waals surface area (Å²) in [5.74, 6) is 0.0737. The maximum Gasteiger partial charge on any atom is 0.410 e. The number of nitrogens with one attached hydrogen (secondary N) is 2. The smallest absolute Gasteiger partial charge is 0.410 e. The van der Waals surface area contributed by atoms with E-state index in [0.717, 1.165) is 18.4 Å². The SMILES string of the molecule is CCC1(Nc2cc[nH]c(=O)c2C(N)=Nc2ccc(C(=O)N3CC4CC3CO4)c(C)c2)CCN(C(=O)OC(C)(C)C)CC1. The zero-order valence-corrected chi connectivity index (χ0v) is 25.2. The first-order valence-electron chi connectivity index (χ1n) is 14.7. The van der Waals surface area contributed by atoms with Crippen LogP contribution in [-0.2, 0) is 9.47 Å². The van der Waals surface area contributed by atoms with Crippen LogP contribution in [0.15, 0.2) is 40.2 Å². The van der Waals surface area contributed by atoms with E-state index >= 15 is 0 Å². The van der Waals surface area contributed by atoms with Crippen molar-refractivity contribution >= 4 is 29.2 Å². The summed E-state index contributed by atoms with van der Waals surface area (Å²) in [6.45, 7) is 11.8. The summed E-state index contributed by atoms with van der Waals surface area (Å²) >= 11 is 0. The summed E-state index contributed by atoms with van der Waals surface area (Å²) in [4.78, 5) is 49.7. The summed E-state index contributed by atoms with van der Waals surface area (Å²) in [6, 6.07) is 7.27. The van der Waals surface area contributed by atoms with Gasteiger partial charge in [-0.2, -0.15) is 0 Å². The van der Waals surface area contributed by atoms with Crippen LogP contribution in [-0.4, -0.2) is 82.1 Å². The van der Waals surface area contributed by atoms with Crippen molar-refractivity contribution in [3.63, 3.8) is 0 Å². The summed E-state index contributed by atoms with van der Waals surface area (Å²) in [5, 5.41) is 3.59. The number of benzene rings is 1. The largest absolute Gasteiger partial charge is 0.444 e. The van der Waals surface area contributed by atoms with Gasteiger partial charge in [0, 0.05) is 36.9 Å². The van der Waals surface area contributed by atoms with Crippen LogP contribution in [0.4, 0.5) is 16.2 Å². The molecule has 0 saturated carbocycles. The molecule has 1 aromatic heterocycles. The fourth-order valence-corrected chi connectivity index (χ4v) is 6.09. The van der Waals surface area contributed by atoms with Crippen LogP contribution in [0.3, 0.4) is 0 Å². The van der Waals surface area contributed by atoms with E-state index < -0.39 is 5.60 Å². The number of aromatic nitrogens is 1. The molecular weight excluding hydrogens is 536 g/mol. The third-order valence-corrected chi connectivity index (χ3v) is 8.52. The van der Waals surface area contributed by atoms with Crippen molar-refractivity contribution in [2.24, 2.45) is 10.7 Å². The molecule has 226 valence electrons. The van der Waals surface area contributed by atoms with Crippen LogP contribution < -0.4 is 16.6 Å². The van der Waals surface area contributed by atoms with Crippen LogP contribution >= 0.6 is 0 Å². The Morgan fingerprint density at radius 2 is 1.98 bits per heavy atom. The van der Waals surface area contributed by atoms with Crippen molar-refractivity contribution in [2.45, 2.75) is 83.6 Å². The van der Waals surface area contributed by atoms with Gasteiger partial charge in [-0.1, -0.05) is 6.92 Å². The average molecular weight is 579 g/mol. The van der Waals surface area contributed by atoms with Crippen molar-refractivity contribution in [1.29, 1.82) is 0 Å². The standard InChI is InChI=1S/C31H42N6O5/c1-6-31(10-13-36(14-11-31)29(40)42-30(3,4)5)35-24-9-12-33-27(38)25(24)26(32)34-20-7-8-23(19(2)15-20)28(39)37-17-22-16-21(37)18-41-22/h7-9,12,15,21-22H,6,10-11,13-14,16-18H2,1-5H3,(H2,32,34)(H2,33,35,38). The highest BCUT2D eigenvalue weighted by molar-refractivity contribution is 6.03. The topological polar surface area (TPSA) is 142 Å². The summed E-state index contributed by atoms with van der Waals surface area (Å²) < 4.78 is 11.2. The number of aryl methyl sites for hydroxylation is 1. The molecule has 2 aromatic rings. The summed E-state index contributed by atoms with van der Waals surface area (Å²) in [7, 11) is 0. The Balaban J connectivity index is 1.33. The lowest BCUT2D eigenvalue weighted by Gasteiger charge is -2.43. The van der Waals surface area contributed by atoms with E-state index in [1.807, 2.05) is 38.7 Å². The number of hydrogen-bond donors (Lipinski definition) is 3. The molecule has 2 bridgehead atoms. The zero-order chi connectivity index (χ0) is 30.2. The Morgan fingerprint density at radius 1 is 1.24 bits per heavy atom. The number of anilines is 1. The Morgan fingerprint density at radius 3 is 2.57 bits per heavy atom. The van der Waals surface area contributed by atoms with Gasteiger partial charge in [-0.3, -0.25) is 9.59 Å². The van der Waals surface area contributed by atoms with E-state index in [0.29, 0.717) is 56.0 Å². The van der Waals surface area contributed by atoms with Gasteiger partial charge in [-0.05, 0) is 83.2 Å². The van der Waals surface area contributed by atoms with E-state index in [1.54, 1.807) is 29.3 Å². The van der Waals surface area contributed by atoms with Gasteiger partial charge in [-0.15, -0.1) is 0 Å². The number of nitrogens with zero attached hydrogens (tertiary/aromatic N) is 3. The van der Waals surface area contributed by atoms with Crippen molar-refractivity contribution in [3.8, 4) is 0 Å². The number of nitrogens with two attached hydrogens (primary N) is 1. The van der Waals surface area contributed by atoms with Gasteiger partial charge in [0.05, 0.1) is 30.1 Å². The molecule has 2 amide bonds. The molecule has 3 saturated heterocycles. The number of fused-ring (bicyclic) bond motifs is 2. The minimum Gasteiger partial charge on any atom is -0.444 e. The third kappa shape index (κ3) is 6.16. The zero-order valence-electron chi connectivity index (χ0n) is 25.2. The van der Waals surface area contributed by atoms with E-state index in [4.69, 9.17) is 15.2 Å². The first-order chi connectivity index (χ1) is 19.9. The highest BCUT2D eigenvalue weighted by Gasteiger charge is 2.42. The molecule has 42 heavy (non-hydrogen) atoms.